The van der Waals surface area contributed by atoms with Crippen LogP contribution in [0.3, 0.4) is 0 Å². The van der Waals surface area contributed by atoms with Gasteiger partial charge in [-0.25, -0.2) is 0 Å². The highest BCUT2D eigenvalue weighted by atomic mass is 32.2. The zero-order valence-electron chi connectivity index (χ0n) is 5.02. The zero-order valence-corrected chi connectivity index (χ0v) is 5.92. The lowest BCUT2D eigenvalue weighted by molar-refractivity contribution is 1.11. The molecule has 0 spiro atoms. The monoisotopic (exact) mass is 106 g/mol. The van der Waals surface area contributed by atoms with E-state index in [1.807, 2.05) is 0 Å². The van der Waals surface area contributed by atoms with Gasteiger partial charge in [0, 0.05) is 0 Å². The fourth-order valence-electron chi connectivity index (χ4n) is 0. The summed E-state index contributed by atoms with van der Waals surface area (Å²) < 4.78 is 0. The van der Waals surface area contributed by atoms with Gasteiger partial charge >= 0.3 is 0 Å². The molecule has 0 aliphatic rings. The van der Waals surface area contributed by atoms with Crippen LogP contribution in [0.25, 0.3) is 0 Å². The molecule has 0 aromatic carbocycles. The van der Waals surface area contributed by atoms with Crippen LogP contribution in [-0.4, -0.2) is 17.8 Å². The van der Waals surface area contributed by atoms with Crippen molar-refractivity contribution in [3.63, 3.8) is 0 Å². The van der Waals surface area contributed by atoms with E-state index >= 15 is 0 Å². The van der Waals surface area contributed by atoms with Gasteiger partial charge in [0.25, 0.3) is 0 Å². The minimum atomic E-state index is 0.341. The Bertz CT molecular complexity index is 24.9. The fourth-order valence-corrected chi connectivity index (χ4v) is 0. The molecule has 0 unspecified atom stereocenters. The predicted molar refractivity (Wildman–Crippen MR) is 36.0 cm³/mol. The molecule has 0 fully saturated rings. The topological polar surface area (TPSA) is 0 Å². The van der Waals surface area contributed by atoms with Crippen molar-refractivity contribution in [2.75, 3.05) is 12.5 Å². The first-order valence-corrected chi connectivity index (χ1v) is 4.61. The molecular weight excluding hydrogens is 92.1 g/mol. The summed E-state index contributed by atoms with van der Waals surface area (Å²) in [4.78, 5) is 0. The van der Waals surface area contributed by atoms with Crippen molar-refractivity contribution in [2.45, 2.75) is 19.1 Å². The maximum atomic E-state index is 2.31. The highest BCUT2D eigenvalue weighted by Gasteiger charge is 1.90. The van der Waals surface area contributed by atoms with Crippen molar-refractivity contribution < 1.29 is 0 Å². The molecule has 1 heteroatoms. The van der Waals surface area contributed by atoms with E-state index in [-0.39, 0.29) is 0 Å². The second-order valence-corrected chi connectivity index (χ2v) is 5.02. The summed E-state index contributed by atoms with van der Waals surface area (Å²) >= 11 is 0. The van der Waals surface area contributed by atoms with E-state index in [0.717, 1.165) is 5.25 Å². The van der Waals surface area contributed by atoms with Crippen LogP contribution in [0, 0.1) is 0 Å². The van der Waals surface area contributed by atoms with Gasteiger partial charge in [-0.3, -0.25) is 10.9 Å². The molecule has 0 saturated heterocycles. The molecule has 0 nitrogen and oxygen atoms in total. The van der Waals surface area contributed by atoms with Crippen LogP contribution < -0.4 is 0 Å². The standard InChI is InChI=1S/C5H14S/c1-5(2)6(3)4/h5-6H,1-4H3. The summed E-state index contributed by atoms with van der Waals surface area (Å²) in [6.07, 6.45) is 4.61. The molecule has 0 radical (unpaired) electrons. The number of hydrogen-bond donors (Lipinski definition) is 1. The van der Waals surface area contributed by atoms with Gasteiger partial charge in [0.15, 0.2) is 0 Å². The van der Waals surface area contributed by atoms with Crippen molar-refractivity contribution in [1.29, 1.82) is 0 Å². The van der Waals surface area contributed by atoms with Crippen LogP contribution in [0.4, 0.5) is 0 Å². The minimum absolute atomic E-state index is 0.341. The van der Waals surface area contributed by atoms with Gasteiger partial charge < -0.3 is 0 Å². The summed E-state index contributed by atoms with van der Waals surface area (Å²) in [5.41, 5.74) is 0. The maximum absolute atomic E-state index is 2.31. The van der Waals surface area contributed by atoms with Crippen molar-refractivity contribution in [3.8, 4) is 0 Å². The van der Waals surface area contributed by atoms with Gasteiger partial charge in [-0.05, 0) is 17.8 Å². The zero-order chi connectivity index (χ0) is 5.15. The van der Waals surface area contributed by atoms with E-state index < -0.39 is 0 Å². The highest BCUT2D eigenvalue weighted by molar-refractivity contribution is 8.16. The summed E-state index contributed by atoms with van der Waals surface area (Å²) in [5, 5.41) is 0.917. The molecule has 0 N–H and O–H groups in total. The third-order valence-corrected chi connectivity index (χ3v) is 3.10. The van der Waals surface area contributed by atoms with Gasteiger partial charge in [-0.2, -0.15) is 0 Å². The lowest BCUT2D eigenvalue weighted by atomic mass is 10.6. The first-order chi connectivity index (χ1) is 2.64. The molecule has 0 rings (SSSR count). The molecule has 0 aliphatic carbocycles. The van der Waals surface area contributed by atoms with E-state index in [2.05, 4.69) is 26.4 Å². The number of rotatable bonds is 1. The number of thiol groups is 1. The Morgan fingerprint density at radius 1 is 1.17 bits per heavy atom. The molecule has 0 atom stereocenters. The Hall–Kier alpha value is 0.350. The van der Waals surface area contributed by atoms with Gasteiger partial charge in [0.1, 0.15) is 0 Å². The third-order valence-electron chi connectivity index (χ3n) is 1.03. The average Bonchev–Trinajstić information content (AvgIpc) is 1.36. The minimum Gasteiger partial charge on any atom is -0.257 e. The first-order valence-electron chi connectivity index (χ1n) is 2.31. The molecule has 6 heavy (non-hydrogen) atoms. The lowest BCUT2D eigenvalue weighted by Gasteiger charge is -2.11. The first kappa shape index (κ1) is 6.35. The Morgan fingerprint density at radius 2 is 1.33 bits per heavy atom. The van der Waals surface area contributed by atoms with Crippen molar-refractivity contribution in [3.05, 3.63) is 0 Å². The van der Waals surface area contributed by atoms with E-state index in [1.54, 1.807) is 0 Å². The lowest BCUT2D eigenvalue weighted by Crippen LogP contribution is -1.90. The average molecular weight is 106 g/mol. The molecule has 0 amide bonds. The van der Waals surface area contributed by atoms with E-state index in [9.17, 15) is 0 Å². The van der Waals surface area contributed by atoms with Gasteiger partial charge in [0.2, 0.25) is 0 Å². The van der Waals surface area contributed by atoms with Gasteiger partial charge in [0.05, 0.1) is 0 Å². The smallest absolute Gasteiger partial charge is 0.0198 e. The van der Waals surface area contributed by atoms with Crippen molar-refractivity contribution in [1.82, 2.24) is 0 Å². The van der Waals surface area contributed by atoms with E-state index in [4.69, 9.17) is 0 Å². The summed E-state index contributed by atoms with van der Waals surface area (Å²) in [6.45, 7) is 4.54. The Balaban J connectivity index is 2.99. The molecule has 0 saturated carbocycles. The summed E-state index contributed by atoms with van der Waals surface area (Å²) in [7, 11) is 0.341. The van der Waals surface area contributed by atoms with E-state index in [0.29, 0.717) is 10.9 Å². The molecule has 0 aromatic rings. The number of hydrogen-bond acceptors (Lipinski definition) is 0. The van der Waals surface area contributed by atoms with Crippen LogP contribution in [0.2, 0.25) is 0 Å². The van der Waals surface area contributed by atoms with Crippen LogP contribution in [0.1, 0.15) is 13.8 Å². The van der Waals surface area contributed by atoms with Crippen LogP contribution in [-0.2, 0) is 0 Å². The molecule has 40 valence electrons. The molecule has 0 aromatic heterocycles. The second-order valence-electron chi connectivity index (χ2n) is 2.06. The SMILES string of the molecule is CC(C)[SH](C)C. The van der Waals surface area contributed by atoms with Crippen LogP contribution in [0.5, 0.6) is 0 Å². The highest BCUT2D eigenvalue weighted by Crippen LogP contribution is 2.19. The largest absolute Gasteiger partial charge is 0.257 e. The maximum Gasteiger partial charge on any atom is -0.0198 e. The Labute approximate surface area is 43.3 Å². The quantitative estimate of drug-likeness (QED) is 0.483. The Morgan fingerprint density at radius 3 is 1.33 bits per heavy atom. The van der Waals surface area contributed by atoms with Crippen LogP contribution in [0.15, 0.2) is 0 Å². The second kappa shape index (κ2) is 2.51. The molecule has 0 bridgehead atoms. The summed E-state index contributed by atoms with van der Waals surface area (Å²) in [6, 6.07) is 0. The third kappa shape index (κ3) is 2.58. The summed E-state index contributed by atoms with van der Waals surface area (Å²) in [5.74, 6) is 0. The van der Waals surface area contributed by atoms with Crippen molar-refractivity contribution >= 4 is 10.9 Å². The molecule has 0 aliphatic heterocycles. The van der Waals surface area contributed by atoms with Gasteiger partial charge in [-0.1, -0.05) is 13.8 Å². The van der Waals surface area contributed by atoms with Crippen molar-refractivity contribution in [2.24, 2.45) is 0 Å². The van der Waals surface area contributed by atoms with Gasteiger partial charge in [-0.15, -0.1) is 0 Å². The van der Waals surface area contributed by atoms with Crippen LogP contribution >= 0.6 is 10.9 Å². The fraction of sp³-hybridized carbons (Fsp3) is 1.00. The predicted octanol–water partition coefficient (Wildman–Crippen LogP) is 1.66. The molecular formula is C5H14S. The molecule has 0 heterocycles. The Kier molecular flexibility index (Phi) is 2.66. The van der Waals surface area contributed by atoms with E-state index in [1.165, 1.54) is 0 Å². The normalized spacial score (nSPS) is 12.5.